The lowest BCUT2D eigenvalue weighted by atomic mass is 10.0. The molecule has 42 heavy (non-hydrogen) atoms. The number of aromatic nitrogens is 1. The van der Waals surface area contributed by atoms with Gasteiger partial charge in [-0.3, -0.25) is 9.36 Å². The summed E-state index contributed by atoms with van der Waals surface area (Å²) in [6, 6.07) is 13.9. The molecule has 4 aromatic carbocycles. The van der Waals surface area contributed by atoms with Gasteiger partial charge < -0.3 is 8.92 Å². The molecule has 0 aliphatic carbocycles. The molecule has 5 aromatic rings. The van der Waals surface area contributed by atoms with Crippen LogP contribution in [0.25, 0.3) is 27.7 Å². The van der Waals surface area contributed by atoms with Gasteiger partial charge in [-0.1, -0.05) is 17.7 Å². The van der Waals surface area contributed by atoms with Gasteiger partial charge in [-0.15, -0.1) is 0 Å². The van der Waals surface area contributed by atoms with Gasteiger partial charge in [0.1, 0.15) is 16.5 Å². The Morgan fingerprint density at radius 3 is 2.05 bits per heavy atom. The number of pyridine rings is 1. The van der Waals surface area contributed by atoms with E-state index >= 15 is 0 Å². The predicted molar refractivity (Wildman–Crippen MR) is 141 cm³/mol. The molecule has 0 saturated carbocycles. The highest BCUT2D eigenvalue weighted by molar-refractivity contribution is 7.87. The maximum absolute atomic E-state index is 14.1. The zero-order valence-electron chi connectivity index (χ0n) is 20.9. The van der Waals surface area contributed by atoms with Crippen LogP contribution in [0.2, 0.25) is 5.02 Å². The highest BCUT2D eigenvalue weighted by atomic mass is 35.5. The minimum atomic E-state index is -5.14. The molecule has 0 aliphatic rings. The second-order valence-corrected chi connectivity index (χ2v) is 10.7. The van der Waals surface area contributed by atoms with Crippen LogP contribution in [-0.4, -0.2) is 20.1 Å². The molecule has 0 bridgehead atoms. The molecule has 0 atom stereocenters. The Balaban J connectivity index is 1.64. The zero-order chi connectivity index (χ0) is 30.5. The Morgan fingerprint density at radius 1 is 0.738 bits per heavy atom. The third-order valence-corrected chi connectivity index (χ3v) is 7.57. The average Bonchev–Trinajstić information content (AvgIpc) is 2.96. The van der Waals surface area contributed by atoms with Gasteiger partial charge in [-0.2, -0.15) is 17.2 Å². The van der Waals surface area contributed by atoms with E-state index in [1.165, 1.54) is 42.0 Å². The Morgan fingerprint density at radius 2 is 1.40 bits per heavy atom. The van der Waals surface area contributed by atoms with Crippen LogP contribution in [0, 0.1) is 34.9 Å². The molecule has 1 aromatic heterocycles. The van der Waals surface area contributed by atoms with Crippen molar-refractivity contribution < 1.29 is 43.7 Å². The van der Waals surface area contributed by atoms with Crippen LogP contribution < -0.4 is 14.5 Å². The van der Waals surface area contributed by atoms with Crippen molar-refractivity contribution in [1.82, 2.24) is 4.57 Å². The van der Waals surface area contributed by atoms with E-state index in [0.717, 1.165) is 30.3 Å². The molecule has 0 unspecified atom stereocenters. The Hall–Kier alpha value is -4.49. The van der Waals surface area contributed by atoms with E-state index in [1.807, 2.05) is 0 Å². The molecule has 0 saturated heterocycles. The third kappa shape index (κ3) is 5.05. The van der Waals surface area contributed by atoms with Crippen molar-refractivity contribution in [3.8, 4) is 28.3 Å². The number of hydrogen-bond donors (Lipinski definition) is 0. The van der Waals surface area contributed by atoms with E-state index in [2.05, 4.69) is 4.18 Å². The third-order valence-electron chi connectivity index (χ3n) is 6.13. The number of methoxy groups -OCH3 is 1. The number of fused-ring (bicyclic) bond motifs is 1. The van der Waals surface area contributed by atoms with Gasteiger partial charge in [-0.25, -0.2) is 17.6 Å². The smallest absolute Gasteiger partial charge is 0.339 e. The van der Waals surface area contributed by atoms with Gasteiger partial charge in [0, 0.05) is 16.5 Å². The topological polar surface area (TPSA) is 74.6 Å². The minimum Gasteiger partial charge on any atom is -0.495 e. The molecule has 0 N–H and O–H groups in total. The van der Waals surface area contributed by atoms with Crippen LogP contribution in [0.1, 0.15) is 0 Å². The Labute approximate surface area is 238 Å². The Bertz CT molecular complexity index is 2040. The first-order valence-corrected chi connectivity index (χ1v) is 13.4. The summed E-state index contributed by atoms with van der Waals surface area (Å²) >= 11 is 5.99. The molecule has 0 spiro atoms. The normalized spacial score (nSPS) is 11.6. The second kappa shape index (κ2) is 10.7. The van der Waals surface area contributed by atoms with Crippen LogP contribution in [0.3, 0.4) is 0 Å². The molecule has 0 aliphatic heterocycles. The second-order valence-electron chi connectivity index (χ2n) is 8.71. The summed E-state index contributed by atoms with van der Waals surface area (Å²) in [6.45, 7) is 0. The Kier molecular flexibility index (Phi) is 7.41. The first-order chi connectivity index (χ1) is 19.8. The summed E-state index contributed by atoms with van der Waals surface area (Å²) in [4.78, 5) is 12.3. The zero-order valence-corrected chi connectivity index (χ0v) is 22.5. The van der Waals surface area contributed by atoms with E-state index in [1.54, 1.807) is 6.07 Å². The van der Waals surface area contributed by atoms with Gasteiger partial charge in [0.05, 0.1) is 18.3 Å². The highest BCUT2D eigenvalue weighted by Gasteiger charge is 2.31. The fraction of sp³-hybridized carbons (Fsp3) is 0.0357. The van der Waals surface area contributed by atoms with Crippen molar-refractivity contribution in [2.75, 3.05) is 7.11 Å². The monoisotopic (exact) mass is 625 g/mol. The van der Waals surface area contributed by atoms with Crippen LogP contribution in [-0.2, 0) is 10.1 Å². The molecule has 5 rings (SSSR count). The quantitative estimate of drug-likeness (QED) is 0.0886. The lowest BCUT2D eigenvalue weighted by Gasteiger charge is -2.16. The summed E-state index contributed by atoms with van der Waals surface area (Å²) in [5.41, 5.74) is 0.565. The SMILES string of the molecule is COc1ccc(-c2cc(F)cc(Cl)c2)cc1-n1c(=O)ccc2cc(S(=O)(=O)Oc3c(F)c(F)c(F)c(F)c3F)ccc21. The van der Waals surface area contributed by atoms with E-state index in [0.29, 0.717) is 11.1 Å². The standard InChI is InChI=1S/C28H14ClF6NO5S/c1-40-21-6-2-13(15-8-16(29)12-17(30)9-15)11-20(21)36-19-5-4-18(10-14(19)3-7-22(36)37)42(38,39)41-28-26(34)24(32)23(31)25(33)27(28)35/h2-12H,1H3. The maximum Gasteiger partial charge on any atom is 0.339 e. The number of ether oxygens (including phenoxy) is 1. The fourth-order valence-electron chi connectivity index (χ4n) is 4.21. The van der Waals surface area contributed by atoms with Crippen molar-refractivity contribution in [3.05, 3.63) is 117 Å². The fourth-order valence-corrected chi connectivity index (χ4v) is 5.40. The summed E-state index contributed by atoms with van der Waals surface area (Å²) in [5, 5.41) is 0.226. The van der Waals surface area contributed by atoms with E-state index < -0.39 is 61.2 Å². The molecule has 0 radical (unpaired) electrons. The van der Waals surface area contributed by atoms with E-state index in [4.69, 9.17) is 16.3 Å². The number of benzene rings is 4. The van der Waals surface area contributed by atoms with E-state index in [9.17, 15) is 39.6 Å². The van der Waals surface area contributed by atoms with Gasteiger partial charge in [0.2, 0.25) is 34.8 Å². The van der Waals surface area contributed by atoms with Crippen LogP contribution in [0.15, 0.2) is 76.4 Å². The minimum absolute atomic E-state index is 0.0953. The molecule has 216 valence electrons. The van der Waals surface area contributed by atoms with Crippen LogP contribution in [0.5, 0.6) is 11.5 Å². The molecule has 14 heteroatoms. The first kappa shape index (κ1) is 29.0. The largest absolute Gasteiger partial charge is 0.495 e. The van der Waals surface area contributed by atoms with Crippen molar-refractivity contribution >= 4 is 32.6 Å². The van der Waals surface area contributed by atoms with Crippen molar-refractivity contribution in [2.45, 2.75) is 4.90 Å². The van der Waals surface area contributed by atoms with Crippen molar-refractivity contribution in [1.29, 1.82) is 0 Å². The summed E-state index contributed by atoms with van der Waals surface area (Å²) < 4.78 is 119. The van der Waals surface area contributed by atoms with Gasteiger partial charge in [0.15, 0.2) is 0 Å². The van der Waals surface area contributed by atoms with Crippen molar-refractivity contribution in [2.24, 2.45) is 0 Å². The first-order valence-electron chi connectivity index (χ1n) is 11.6. The number of rotatable bonds is 6. The number of nitrogens with zero attached hydrogens (tertiary/aromatic N) is 1. The molecule has 0 fully saturated rings. The molecule has 0 amide bonds. The highest BCUT2D eigenvalue weighted by Crippen LogP contribution is 2.34. The van der Waals surface area contributed by atoms with Crippen LogP contribution in [0.4, 0.5) is 26.3 Å². The maximum atomic E-state index is 14.1. The van der Waals surface area contributed by atoms with Crippen LogP contribution >= 0.6 is 11.6 Å². The van der Waals surface area contributed by atoms with Crippen molar-refractivity contribution in [3.63, 3.8) is 0 Å². The molecular formula is C28H14ClF6NO5S. The summed E-state index contributed by atoms with van der Waals surface area (Å²) in [6.07, 6.45) is 0. The summed E-state index contributed by atoms with van der Waals surface area (Å²) in [7, 11) is -3.80. The molecule has 1 heterocycles. The lowest BCUT2D eigenvalue weighted by molar-refractivity contribution is 0.346. The lowest BCUT2D eigenvalue weighted by Crippen LogP contribution is -2.19. The number of halogens is 7. The van der Waals surface area contributed by atoms with Gasteiger partial charge in [-0.05, 0) is 65.7 Å². The molecule has 6 nitrogen and oxygen atoms in total. The average molecular weight is 626 g/mol. The summed E-state index contributed by atoms with van der Waals surface area (Å²) in [5.74, 6) is -14.6. The van der Waals surface area contributed by atoms with E-state index in [-0.39, 0.29) is 27.4 Å². The molecular weight excluding hydrogens is 612 g/mol. The predicted octanol–water partition coefficient (Wildman–Crippen LogP) is 6.92. The van der Waals surface area contributed by atoms with Gasteiger partial charge >= 0.3 is 10.1 Å². The number of hydrogen-bond acceptors (Lipinski definition) is 5. The van der Waals surface area contributed by atoms with Gasteiger partial charge in [0.25, 0.3) is 5.56 Å².